The zero-order valence-electron chi connectivity index (χ0n) is 18.7. The third kappa shape index (κ3) is 6.70. The number of aliphatic hydroxyl groups excluding tert-OH is 1. The van der Waals surface area contributed by atoms with Crippen molar-refractivity contribution >= 4 is 11.9 Å². The Morgan fingerprint density at radius 1 is 1.09 bits per heavy atom. The predicted octanol–water partition coefficient (Wildman–Crippen LogP) is 3.97. The number of carbonyl (C=O) groups excluding carboxylic acids is 2. The number of rotatable bonds is 8. The number of benzene rings is 2. The number of aliphatic hydroxyl groups is 1. The third-order valence-corrected chi connectivity index (χ3v) is 5.82. The van der Waals surface area contributed by atoms with Crippen LogP contribution in [0, 0.1) is 17.8 Å². The first-order chi connectivity index (χ1) is 15.6. The number of alkyl carbamates (subject to hydrolysis) is 1. The third-order valence-electron chi connectivity index (χ3n) is 5.82. The lowest BCUT2D eigenvalue weighted by Gasteiger charge is -2.22. The molecule has 0 unspecified atom stereocenters. The van der Waals surface area contributed by atoms with Crippen LogP contribution in [0.5, 0.6) is 0 Å². The van der Waals surface area contributed by atoms with Gasteiger partial charge in [-0.25, -0.2) is 4.79 Å². The normalized spacial score (nSPS) is 13.3. The van der Waals surface area contributed by atoms with E-state index in [1.54, 1.807) is 0 Å². The first-order valence-electron chi connectivity index (χ1n) is 11.3. The van der Waals surface area contributed by atoms with Crippen molar-refractivity contribution in [3.05, 3.63) is 70.3 Å². The SMILES string of the molecule is C[C@@H](Cc1ccc(C#CCCNC(=O)OCc2ccccc2)c2c1CCCC2)C(=O)CO. The van der Waals surface area contributed by atoms with Gasteiger partial charge in [-0.3, -0.25) is 4.79 Å². The molecule has 168 valence electrons. The molecular weight excluding hydrogens is 402 g/mol. The molecule has 0 fully saturated rings. The van der Waals surface area contributed by atoms with E-state index in [1.165, 1.54) is 16.7 Å². The Labute approximate surface area is 190 Å². The smallest absolute Gasteiger partial charge is 0.407 e. The highest BCUT2D eigenvalue weighted by Gasteiger charge is 2.19. The van der Waals surface area contributed by atoms with Gasteiger partial charge in [-0.2, -0.15) is 0 Å². The summed E-state index contributed by atoms with van der Waals surface area (Å²) in [6, 6.07) is 13.7. The molecular formula is C27H31NO4. The number of carbonyl (C=O) groups is 2. The molecule has 0 saturated heterocycles. The van der Waals surface area contributed by atoms with Crippen LogP contribution in [-0.2, 0) is 35.4 Å². The molecule has 1 atom stereocenters. The topological polar surface area (TPSA) is 75.6 Å². The van der Waals surface area contributed by atoms with Gasteiger partial charge in [0.15, 0.2) is 5.78 Å². The number of ketones is 1. The average Bonchev–Trinajstić information content (AvgIpc) is 2.83. The molecule has 2 aromatic carbocycles. The van der Waals surface area contributed by atoms with Crippen LogP contribution >= 0.6 is 0 Å². The summed E-state index contributed by atoms with van der Waals surface area (Å²) >= 11 is 0. The maximum atomic E-state index is 11.8. The van der Waals surface area contributed by atoms with Gasteiger partial charge in [0.2, 0.25) is 0 Å². The van der Waals surface area contributed by atoms with Gasteiger partial charge in [0.25, 0.3) is 0 Å². The number of hydrogen-bond acceptors (Lipinski definition) is 4. The molecule has 0 saturated carbocycles. The van der Waals surface area contributed by atoms with E-state index in [0.29, 0.717) is 19.4 Å². The number of amides is 1. The van der Waals surface area contributed by atoms with Crippen molar-refractivity contribution in [1.82, 2.24) is 5.32 Å². The molecule has 5 heteroatoms. The summed E-state index contributed by atoms with van der Waals surface area (Å²) < 4.78 is 5.20. The lowest BCUT2D eigenvalue weighted by molar-refractivity contribution is -0.125. The van der Waals surface area contributed by atoms with Gasteiger partial charge < -0.3 is 15.2 Å². The maximum absolute atomic E-state index is 11.8. The molecule has 2 aromatic rings. The summed E-state index contributed by atoms with van der Waals surface area (Å²) in [6.45, 7) is 2.15. The van der Waals surface area contributed by atoms with Crippen LogP contribution < -0.4 is 5.32 Å². The summed E-state index contributed by atoms with van der Waals surface area (Å²) in [7, 11) is 0. The van der Waals surface area contributed by atoms with E-state index in [2.05, 4.69) is 23.2 Å². The molecule has 0 aromatic heterocycles. The Balaban J connectivity index is 1.54. The van der Waals surface area contributed by atoms with Gasteiger partial charge in [0, 0.05) is 24.4 Å². The molecule has 5 nitrogen and oxygen atoms in total. The fourth-order valence-corrected chi connectivity index (χ4v) is 4.01. The minimum atomic E-state index is -0.441. The van der Waals surface area contributed by atoms with Crippen molar-refractivity contribution in [2.45, 2.75) is 52.1 Å². The van der Waals surface area contributed by atoms with Crippen LogP contribution in [0.4, 0.5) is 4.79 Å². The van der Waals surface area contributed by atoms with E-state index in [0.717, 1.165) is 36.8 Å². The van der Waals surface area contributed by atoms with Crippen LogP contribution in [0.15, 0.2) is 42.5 Å². The Morgan fingerprint density at radius 3 is 2.59 bits per heavy atom. The number of fused-ring (bicyclic) bond motifs is 1. The van der Waals surface area contributed by atoms with E-state index in [4.69, 9.17) is 9.84 Å². The van der Waals surface area contributed by atoms with E-state index < -0.39 is 12.7 Å². The van der Waals surface area contributed by atoms with Crippen LogP contribution in [0.1, 0.15) is 54.0 Å². The Hall–Kier alpha value is -3.10. The number of Topliss-reactive ketones (excluding diaryl/α,β-unsaturated/α-hetero) is 1. The largest absolute Gasteiger partial charge is 0.445 e. The van der Waals surface area contributed by atoms with E-state index in [1.807, 2.05) is 43.3 Å². The molecule has 0 heterocycles. The second-order valence-electron chi connectivity index (χ2n) is 8.21. The van der Waals surface area contributed by atoms with Gasteiger partial charge in [0.05, 0.1) is 0 Å². The zero-order chi connectivity index (χ0) is 22.8. The maximum Gasteiger partial charge on any atom is 0.407 e. The van der Waals surface area contributed by atoms with Crippen molar-refractivity contribution in [2.24, 2.45) is 5.92 Å². The molecule has 32 heavy (non-hydrogen) atoms. The molecule has 0 aliphatic heterocycles. The van der Waals surface area contributed by atoms with Gasteiger partial charge >= 0.3 is 6.09 Å². The minimum absolute atomic E-state index is 0.117. The van der Waals surface area contributed by atoms with Gasteiger partial charge in [-0.05, 0) is 60.4 Å². The standard InChI is InChI=1S/C27H31NO4/c1-20(26(30)18-29)17-23-15-14-22(24-12-5-6-13-25(23)24)11-7-8-16-28-27(31)32-19-21-9-3-2-4-10-21/h2-4,9-10,14-15,20,29H,5-6,8,12-13,16-19H2,1H3,(H,28,31)/t20-/m0/s1. The number of ether oxygens (including phenoxy) is 1. The first kappa shape index (κ1) is 23.6. The monoisotopic (exact) mass is 433 g/mol. The first-order valence-corrected chi connectivity index (χ1v) is 11.3. The highest BCUT2D eigenvalue weighted by atomic mass is 16.5. The van der Waals surface area contributed by atoms with Crippen molar-refractivity contribution in [2.75, 3.05) is 13.2 Å². The van der Waals surface area contributed by atoms with Gasteiger partial charge in [-0.1, -0.05) is 55.2 Å². The molecule has 0 radical (unpaired) electrons. The molecule has 2 N–H and O–H groups in total. The summed E-state index contributed by atoms with van der Waals surface area (Å²) in [4.78, 5) is 23.6. The predicted molar refractivity (Wildman–Crippen MR) is 124 cm³/mol. The number of hydrogen-bond donors (Lipinski definition) is 2. The quantitative estimate of drug-likeness (QED) is 0.488. The Kier molecular flexibility index (Phi) is 8.89. The van der Waals surface area contributed by atoms with Crippen molar-refractivity contribution in [3.8, 4) is 11.8 Å². The highest BCUT2D eigenvalue weighted by Crippen LogP contribution is 2.29. The average molecular weight is 434 g/mol. The molecule has 3 rings (SSSR count). The van der Waals surface area contributed by atoms with Crippen molar-refractivity contribution in [1.29, 1.82) is 0 Å². The molecule has 1 aliphatic rings. The summed E-state index contributed by atoms with van der Waals surface area (Å²) in [5.41, 5.74) is 5.80. The summed E-state index contributed by atoms with van der Waals surface area (Å²) in [6.07, 6.45) is 5.06. The summed E-state index contributed by atoms with van der Waals surface area (Å²) in [5, 5.41) is 11.9. The van der Waals surface area contributed by atoms with Crippen molar-refractivity contribution < 1.29 is 19.4 Å². The molecule has 1 amide bonds. The molecule has 1 aliphatic carbocycles. The minimum Gasteiger partial charge on any atom is -0.445 e. The fourth-order valence-electron chi connectivity index (χ4n) is 4.01. The fraction of sp³-hybridized carbons (Fsp3) is 0.407. The second-order valence-corrected chi connectivity index (χ2v) is 8.21. The van der Waals surface area contributed by atoms with E-state index in [-0.39, 0.29) is 18.3 Å². The van der Waals surface area contributed by atoms with Crippen LogP contribution in [0.25, 0.3) is 0 Å². The highest BCUT2D eigenvalue weighted by molar-refractivity contribution is 5.82. The zero-order valence-corrected chi connectivity index (χ0v) is 18.7. The Morgan fingerprint density at radius 2 is 1.84 bits per heavy atom. The van der Waals surface area contributed by atoms with Crippen LogP contribution in [0.3, 0.4) is 0 Å². The van der Waals surface area contributed by atoms with Crippen LogP contribution in [-0.4, -0.2) is 30.1 Å². The molecule has 0 bridgehead atoms. The van der Waals surface area contributed by atoms with Crippen LogP contribution in [0.2, 0.25) is 0 Å². The summed E-state index contributed by atoms with van der Waals surface area (Å²) in [5.74, 6) is 6.13. The second kappa shape index (κ2) is 12.1. The van der Waals surface area contributed by atoms with Gasteiger partial charge in [0.1, 0.15) is 13.2 Å². The van der Waals surface area contributed by atoms with E-state index >= 15 is 0 Å². The lowest BCUT2D eigenvalue weighted by Crippen LogP contribution is -2.24. The lowest BCUT2D eigenvalue weighted by atomic mass is 9.82. The van der Waals surface area contributed by atoms with Crippen molar-refractivity contribution in [3.63, 3.8) is 0 Å². The number of nitrogens with one attached hydrogen (secondary N) is 1. The molecule has 0 spiro atoms. The Bertz CT molecular complexity index is 988. The van der Waals surface area contributed by atoms with Gasteiger partial charge in [-0.15, -0.1) is 0 Å². The van der Waals surface area contributed by atoms with E-state index in [9.17, 15) is 9.59 Å².